The second-order valence-electron chi connectivity index (χ2n) is 4.95. The van der Waals surface area contributed by atoms with Crippen LogP contribution in [0, 0.1) is 5.92 Å². The third kappa shape index (κ3) is 2.79. The number of nitrogens with one attached hydrogen (secondary N) is 1. The van der Waals surface area contributed by atoms with Crippen molar-refractivity contribution in [1.82, 2.24) is 9.97 Å². The molecule has 1 saturated carbocycles. The number of nitrogens with two attached hydrogens (primary N) is 1. The van der Waals surface area contributed by atoms with E-state index in [2.05, 4.69) is 15.4 Å². The summed E-state index contributed by atoms with van der Waals surface area (Å²) in [4.78, 5) is 9.52. The molecule has 1 fully saturated rings. The van der Waals surface area contributed by atoms with E-state index in [-0.39, 0.29) is 0 Å². The smallest absolute Gasteiger partial charge is 0.241 e. The lowest BCUT2D eigenvalue weighted by Crippen LogP contribution is -2.16. The Labute approximate surface area is 116 Å². The summed E-state index contributed by atoms with van der Waals surface area (Å²) in [6.07, 6.45) is 6.53. The number of hydrazine groups is 1. The van der Waals surface area contributed by atoms with Gasteiger partial charge in [-0.1, -0.05) is 19.3 Å². The molecule has 1 aliphatic carbocycles. The van der Waals surface area contributed by atoms with Crippen LogP contribution in [0.1, 0.15) is 32.1 Å². The Morgan fingerprint density at radius 2 is 2.16 bits per heavy atom. The molecule has 0 atom stereocenters. The summed E-state index contributed by atoms with van der Waals surface area (Å²) >= 11 is 1.57. The van der Waals surface area contributed by atoms with E-state index < -0.39 is 0 Å². The van der Waals surface area contributed by atoms with Gasteiger partial charge in [0.15, 0.2) is 0 Å². The second kappa shape index (κ2) is 5.71. The maximum Gasteiger partial charge on any atom is 0.241 e. The highest BCUT2D eigenvalue weighted by Crippen LogP contribution is 2.30. The molecule has 2 aromatic rings. The molecular formula is C13H18N4OS. The van der Waals surface area contributed by atoms with Crippen molar-refractivity contribution in [3.8, 4) is 5.88 Å². The Balaban J connectivity index is 1.77. The van der Waals surface area contributed by atoms with Gasteiger partial charge in [0.2, 0.25) is 11.8 Å². The van der Waals surface area contributed by atoms with Crippen LogP contribution < -0.4 is 16.0 Å². The summed E-state index contributed by atoms with van der Waals surface area (Å²) in [5.41, 5.74) is 2.49. The number of fused-ring (bicyclic) bond motifs is 1. The zero-order chi connectivity index (χ0) is 13.1. The molecule has 0 unspecified atom stereocenters. The lowest BCUT2D eigenvalue weighted by Gasteiger charge is -2.21. The number of rotatable bonds is 4. The van der Waals surface area contributed by atoms with E-state index in [9.17, 15) is 0 Å². The predicted molar refractivity (Wildman–Crippen MR) is 77.3 cm³/mol. The summed E-state index contributed by atoms with van der Waals surface area (Å²) in [5.74, 6) is 7.10. The first kappa shape index (κ1) is 12.6. The molecule has 1 aliphatic rings. The first-order valence-corrected chi connectivity index (χ1v) is 7.59. The summed E-state index contributed by atoms with van der Waals surface area (Å²) in [7, 11) is 0. The first-order chi connectivity index (χ1) is 9.36. The van der Waals surface area contributed by atoms with Gasteiger partial charge in [0.25, 0.3) is 0 Å². The van der Waals surface area contributed by atoms with Crippen molar-refractivity contribution in [3.63, 3.8) is 0 Å². The second-order valence-corrected chi connectivity index (χ2v) is 5.85. The van der Waals surface area contributed by atoms with E-state index in [1.54, 1.807) is 11.3 Å². The SMILES string of the molecule is NNc1nc(OCC2CCCCC2)c2ccsc2n1. The molecule has 6 heteroatoms. The highest BCUT2D eigenvalue weighted by molar-refractivity contribution is 7.16. The third-order valence-corrected chi connectivity index (χ3v) is 4.41. The molecule has 0 bridgehead atoms. The molecule has 0 saturated heterocycles. The number of thiophene rings is 1. The summed E-state index contributed by atoms with van der Waals surface area (Å²) < 4.78 is 5.92. The predicted octanol–water partition coefficient (Wildman–Crippen LogP) is 2.94. The number of nitrogens with zero attached hydrogens (tertiary/aromatic N) is 2. The Hall–Kier alpha value is -1.40. The van der Waals surface area contributed by atoms with Crippen molar-refractivity contribution in [1.29, 1.82) is 0 Å². The zero-order valence-electron chi connectivity index (χ0n) is 10.8. The number of hydrogen-bond donors (Lipinski definition) is 2. The third-order valence-electron chi connectivity index (χ3n) is 3.60. The molecule has 2 heterocycles. The van der Waals surface area contributed by atoms with Gasteiger partial charge in [0.05, 0.1) is 12.0 Å². The van der Waals surface area contributed by atoms with Crippen LogP contribution in [0.4, 0.5) is 5.95 Å². The molecule has 0 spiro atoms. The maximum atomic E-state index is 5.92. The number of ether oxygens (including phenoxy) is 1. The van der Waals surface area contributed by atoms with Crippen LogP contribution in [0.5, 0.6) is 5.88 Å². The van der Waals surface area contributed by atoms with Crippen molar-refractivity contribution in [2.45, 2.75) is 32.1 Å². The van der Waals surface area contributed by atoms with Gasteiger partial charge in [-0.15, -0.1) is 11.3 Å². The van der Waals surface area contributed by atoms with Gasteiger partial charge >= 0.3 is 0 Å². The molecule has 3 rings (SSSR count). The van der Waals surface area contributed by atoms with Crippen molar-refractivity contribution in [2.24, 2.45) is 11.8 Å². The number of aromatic nitrogens is 2. The van der Waals surface area contributed by atoms with Crippen LogP contribution >= 0.6 is 11.3 Å². The van der Waals surface area contributed by atoms with E-state index in [1.165, 1.54) is 32.1 Å². The highest BCUT2D eigenvalue weighted by atomic mass is 32.1. The van der Waals surface area contributed by atoms with Crippen LogP contribution in [0.2, 0.25) is 0 Å². The molecule has 2 aromatic heterocycles. The van der Waals surface area contributed by atoms with E-state index in [0.29, 0.717) is 17.7 Å². The summed E-state index contributed by atoms with van der Waals surface area (Å²) in [6.45, 7) is 0.742. The lowest BCUT2D eigenvalue weighted by molar-refractivity contribution is 0.205. The van der Waals surface area contributed by atoms with Crippen LogP contribution in [0.25, 0.3) is 10.2 Å². The fraction of sp³-hybridized carbons (Fsp3) is 0.538. The minimum Gasteiger partial charge on any atom is -0.477 e. The maximum absolute atomic E-state index is 5.92. The van der Waals surface area contributed by atoms with E-state index in [0.717, 1.165) is 16.8 Å². The summed E-state index contributed by atoms with van der Waals surface area (Å²) in [6, 6.07) is 2.00. The highest BCUT2D eigenvalue weighted by Gasteiger charge is 2.16. The van der Waals surface area contributed by atoms with Crippen LogP contribution in [-0.2, 0) is 0 Å². The normalized spacial score (nSPS) is 16.7. The van der Waals surface area contributed by atoms with Crippen LogP contribution in [0.3, 0.4) is 0 Å². The van der Waals surface area contributed by atoms with Crippen LogP contribution in [0.15, 0.2) is 11.4 Å². The topological polar surface area (TPSA) is 73.1 Å². The van der Waals surface area contributed by atoms with Gasteiger partial charge in [-0.05, 0) is 30.2 Å². The molecule has 5 nitrogen and oxygen atoms in total. The van der Waals surface area contributed by atoms with Gasteiger partial charge in [0.1, 0.15) is 4.83 Å². The molecular weight excluding hydrogens is 260 g/mol. The molecule has 0 aliphatic heterocycles. The van der Waals surface area contributed by atoms with Gasteiger partial charge in [-0.2, -0.15) is 4.98 Å². The van der Waals surface area contributed by atoms with Gasteiger partial charge < -0.3 is 4.74 Å². The monoisotopic (exact) mass is 278 g/mol. The number of nitrogen functional groups attached to an aromatic ring is 1. The zero-order valence-corrected chi connectivity index (χ0v) is 11.6. The van der Waals surface area contributed by atoms with E-state index in [1.807, 2.05) is 11.4 Å². The van der Waals surface area contributed by atoms with Crippen LogP contribution in [-0.4, -0.2) is 16.6 Å². The molecule has 3 N–H and O–H groups in total. The number of hydrogen-bond acceptors (Lipinski definition) is 6. The molecule has 0 radical (unpaired) electrons. The molecule has 0 aromatic carbocycles. The van der Waals surface area contributed by atoms with Crippen molar-refractivity contribution in [3.05, 3.63) is 11.4 Å². The van der Waals surface area contributed by atoms with Gasteiger partial charge in [-0.3, -0.25) is 5.43 Å². The van der Waals surface area contributed by atoms with Gasteiger partial charge in [0, 0.05) is 0 Å². The average Bonchev–Trinajstić information content (AvgIpc) is 2.94. The Bertz CT molecular complexity index is 551. The molecule has 19 heavy (non-hydrogen) atoms. The van der Waals surface area contributed by atoms with E-state index >= 15 is 0 Å². The fourth-order valence-corrected chi connectivity index (χ4v) is 3.31. The summed E-state index contributed by atoms with van der Waals surface area (Å²) in [5, 5.41) is 2.97. The van der Waals surface area contributed by atoms with Crippen molar-refractivity contribution in [2.75, 3.05) is 12.0 Å². The standard InChI is InChI=1S/C13H18N4OS/c14-17-13-15-11(10-6-7-19-12(10)16-13)18-8-9-4-2-1-3-5-9/h6-7,9H,1-5,8,14H2,(H,15,16,17). The average molecular weight is 278 g/mol. The molecule has 0 amide bonds. The van der Waals surface area contributed by atoms with Crippen molar-refractivity contribution < 1.29 is 4.74 Å². The fourth-order valence-electron chi connectivity index (χ4n) is 2.55. The van der Waals surface area contributed by atoms with Crippen molar-refractivity contribution >= 4 is 27.5 Å². The number of anilines is 1. The Morgan fingerprint density at radius 1 is 1.32 bits per heavy atom. The molecule has 102 valence electrons. The lowest BCUT2D eigenvalue weighted by atomic mass is 9.90. The van der Waals surface area contributed by atoms with Gasteiger partial charge in [-0.25, -0.2) is 10.8 Å². The minimum absolute atomic E-state index is 0.411. The minimum atomic E-state index is 0.411. The largest absolute Gasteiger partial charge is 0.477 e. The quantitative estimate of drug-likeness (QED) is 0.664. The Morgan fingerprint density at radius 3 is 2.95 bits per heavy atom. The first-order valence-electron chi connectivity index (χ1n) is 6.71. The Kier molecular flexibility index (Phi) is 3.79. The van der Waals surface area contributed by atoms with E-state index in [4.69, 9.17) is 10.6 Å².